The van der Waals surface area contributed by atoms with E-state index in [1.54, 1.807) is 0 Å². The predicted molar refractivity (Wildman–Crippen MR) is 71.4 cm³/mol. The summed E-state index contributed by atoms with van der Waals surface area (Å²) in [5, 5.41) is 5.56. The van der Waals surface area contributed by atoms with Gasteiger partial charge in [-0.1, -0.05) is 12.8 Å². The fourth-order valence-electron chi connectivity index (χ4n) is 2.43. The Labute approximate surface area is 114 Å². The molecule has 0 saturated heterocycles. The highest BCUT2D eigenvalue weighted by molar-refractivity contribution is 5.88. The van der Waals surface area contributed by atoms with E-state index in [2.05, 4.69) is 10.6 Å². The third-order valence-corrected chi connectivity index (χ3v) is 3.79. The van der Waals surface area contributed by atoms with E-state index in [0.29, 0.717) is 12.6 Å². The van der Waals surface area contributed by atoms with Crippen LogP contribution < -0.4 is 16.4 Å². The van der Waals surface area contributed by atoms with Crippen molar-refractivity contribution in [3.05, 3.63) is 0 Å². The molecule has 0 heterocycles. The summed E-state index contributed by atoms with van der Waals surface area (Å²) in [6.45, 7) is 0.458. The quantitative estimate of drug-likeness (QED) is 0.676. The minimum Gasteiger partial charge on any atom is -0.352 e. The molecule has 5 nitrogen and oxygen atoms in total. The average Bonchev–Trinajstić information content (AvgIpc) is 2.99. The van der Waals surface area contributed by atoms with Gasteiger partial charge in [-0.15, -0.1) is 12.4 Å². The van der Waals surface area contributed by atoms with Crippen molar-refractivity contribution in [2.45, 2.75) is 44.6 Å². The van der Waals surface area contributed by atoms with Gasteiger partial charge in [0.2, 0.25) is 11.8 Å². The molecule has 0 aromatic carbocycles. The first-order valence-corrected chi connectivity index (χ1v) is 6.44. The van der Waals surface area contributed by atoms with Crippen LogP contribution in [0.5, 0.6) is 0 Å². The van der Waals surface area contributed by atoms with Gasteiger partial charge in [0, 0.05) is 12.6 Å². The highest BCUT2D eigenvalue weighted by Crippen LogP contribution is 2.37. The molecule has 18 heavy (non-hydrogen) atoms. The van der Waals surface area contributed by atoms with Gasteiger partial charge in [-0.2, -0.15) is 0 Å². The minimum absolute atomic E-state index is 0. The number of hydrogen-bond donors (Lipinski definition) is 3. The van der Waals surface area contributed by atoms with Gasteiger partial charge < -0.3 is 16.4 Å². The molecule has 0 atom stereocenters. The summed E-state index contributed by atoms with van der Waals surface area (Å²) in [4.78, 5) is 23.5. The summed E-state index contributed by atoms with van der Waals surface area (Å²) in [5.74, 6) is -0.144. The van der Waals surface area contributed by atoms with Crippen LogP contribution >= 0.6 is 12.4 Å². The van der Waals surface area contributed by atoms with Crippen LogP contribution in [0.1, 0.15) is 38.5 Å². The molecule has 6 heteroatoms. The molecule has 4 N–H and O–H groups in total. The lowest BCUT2D eigenvalue weighted by Gasteiger charge is -2.25. The maximum Gasteiger partial charge on any atom is 0.239 e. The molecule has 104 valence electrons. The van der Waals surface area contributed by atoms with Crippen LogP contribution in [0, 0.1) is 5.41 Å². The van der Waals surface area contributed by atoms with Gasteiger partial charge in [-0.05, 0) is 25.7 Å². The third kappa shape index (κ3) is 3.59. The van der Waals surface area contributed by atoms with Crippen molar-refractivity contribution in [1.29, 1.82) is 0 Å². The van der Waals surface area contributed by atoms with Crippen LogP contribution in [0.15, 0.2) is 0 Å². The lowest BCUT2D eigenvalue weighted by Crippen LogP contribution is -2.47. The van der Waals surface area contributed by atoms with E-state index in [1.165, 1.54) is 0 Å². The molecule has 0 radical (unpaired) electrons. The monoisotopic (exact) mass is 275 g/mol. The Morgan fingerprint density at radius 2 is 1.83 bits per heavy atom. The first kappa shape index (κ1) is 15.2. The molecule has 2 amide bonds. The summed E-state index contributed by atoms with van der Waals surface area (Å²) in [6, 6.07) is 0.342. The van der Waals surface area contributed by atoms with Crippen molar-refractivity contribution >= 4 is 24.2 Å². The molecule has 2 aliphatic rings. The van der Waals surface area contributed by atoms with E-state index in [9.17, 15) is 9.59 Å². The van der Waals surface area contributed by atoms with Gasteiger partial charge in [-0.3, -0.25) is 9.59 Å². The number of amides is 2. The van der Waals surface area contributed by atoms with Crippen LogP contribution in [0.2, 0.25) is 0 Å². The third-order valence-electron chi connectivity index (χ3n) is 3.79. The number of nitrogens with one attached hydrogen (secondary N) is 2. The molecule has 0 aromatic rings. The maximum atomic E-state index is 12.0. The maximum absolute atomic E-state index is 12.0. The molecular weight excluding hydrogens is 254 g/mol. The van der Waals surface area contributed by atoms with Crippen molar-refractivity contribution in [1.82, 2.24) is 10.6 Å². The topological polar surface area (TPSA) is 84.2 Å². The smallest absolute Gasteiger partial charge is 0.239 e. The van der Waals surface area contributed by atoms with E-state index in [1.807, 2.05) is 0 Å². The highest BCUT2D eigenvalue weighted by atomic mass is 35.5. The molecule has 0 aliphatic heterocycles. The molecule has 2 fully saturated rings. The van der Waals surface area contributed by atoms with Gasteiger partial charge >= 0.3 is 0 Å². The van der Waals surface area contributed by atoms with Crippen molar-refractivity contribution < 1.29 is 9.59 Å². The zero-order valence-corrected chi connectivity index (χ0v) is 11.4. The summed E-state index contributed by atoms with van der Waals surface area (Å²) >= 11 is 0. The Hall–Kier alpha value is -0.810. The van der Waals surface area contributed by atoms with Crippen molar-refractivity contribution in [2.24, 2.45) is 11.1 Å². The van der Waals surface area contributed by atoms with Crippen LogP contribution in [0.25, 0.3) is 0 Å². The van der Waals surface area contributed by atoms with Gasteiger partial charge in [0.15, 0.2) is 0 Å². The Kier molecular flexibility index (Phi) is 5.41. The largest absolute Gasteiger partial charge is 0.352 e. The Morgan fingerprint density at radius 1 is 1.22 bits per heavy atom. The molecule has 0 spiro atoms. The molecular formula is C12H22ClN3O2. The van der Waals surface area contributed by atoms with Crippen LogP contribution in [-0.4, -0.2) is 30.9 Å². The fraction of sp³-hybridized carbons (Fsp3) is 0.833. The molecule has 2 saturated carbocycles. The van der Waals surface area contributed by atoms with Gasteiger partial charge in [0.05, 0.1) is 12.0 Å². The molecule has 2 aliphatic carbocycles. The Bertz CT molecular complexity index is 312. The summed E-state index contributed by atoms with van der Waals surface area (Å²) in [6.07, 6.45) is 5.93. The number of carbonyl (C=O) groups excluding carboxylic acids is 2. The molecule has 0 unspecified atom stereocenters. The van der Waals surface area contributed by atoms with Crippen LogP contribution in [0.4, 0.5) is 0 Å². The van der Waals surface area contributed by atoms with Gasteiger partial charge in [0.25, 0.3) is 0 Å². The normalized spacial score (nSPS) is 20.9. The van der Waals surface area contributed by atoms with E-state index >= 15 is 0 Å². The number of rotatable bonds is 5. The zero-order chi connectivity index (χ0) is 12.3. The van der Waals surface area contributed by atoms with E-state index in [4.69, 9.17) is 5.73 Å². The number of halogens is 1. The fourth-order valence-corrected chi connectivity index (χ4v) is 2.43. The van der Waals surface area contributed by atoms with E-state index in [0.717, 1.165) is 38.5 Å². The average molecular weight is 276 g/mol. The van der Waals surface area contributed by atoms with E-state index < -0.39 is 5.41 Å². The Balaban J connectivity index is 0.00000162. The summed E-state index contributed by atoms with van der Waals surface area (Å²) in [7, 11) is 0. The number of hydrogen-bond acceptors (Lipinski definition) is 3. The lowest BCUT2D eigenvalue weighted by molar-refractivity contribution is -0.132. The molecule has 2 rings (SSSR count). The lowest BCUT2D eigenvalue weighted by atomic mass is 9.85. The second-order valence-electron chi connectivity index (χ2n) is 5.22. The van der Waals surface area contributed by atoms with Crippen LogP contribution in [-0.2, 0) is 9.59 Å². The summed E-state index contributed by atoms with van der Waals surface area (Å²) < 4.78 is 0. The van der Waals surface area contributed by atoms with Crippen molar-refractivity contribution in [2.75, 3.05) is 13.1 Å². The standard InChI is InChI=1S/C12H21N3O2.ClH/c13-8-12(5-1-2-6-12)11(17)14-7-10(16)15-9-3-4-9;/h9H,1-8,13H2,(H,14,17)(H,15,16);1H. The van der Waals surface area contributed by atoms with Crippen molar-refractivity contribution in [3.8, 4) is 0 Å². The first-order chi connectivity index (χ1) is 8.16. The summed E-state index contributed by atoms with van der Waals surface area (Å²) in [5.41, 5.74) is 5.29. The second kappa shape index (κ2) is 6.38. The first-order valence-electron chi connectivity index (χ1n) is 6.44. The van der Waals surface area contributed by atoms with Gasteiger partial charge in [0.1, 0.15) is 0 Å². The molecule has 0 aromatic heterocycles. The second-order valence-corrected chi connectivity index (χ2v) is 5.22. The highest BCUT2D eigenvalue weighted by Gasteiger charge is 2.39. The predicted octanol–water partition coefficient (Wildman–Crippen LogP) is 0.322. The Morgan fingerprint density at radius 3 is 2.33 bits per heavy atom. The van der Waals surface area contributed by atoms with Crippen molar-refractivity contribution in [3.63, 3.8) is 0 Å². The molecule has 0 bridgehead atoms. The number of nitrogens with two attached hydrogens (primary N) is 1. The van der Waals surface area contributed by atoms with E-state index in [-0.39, 0.29) is 30.8 Å². The zero-order valence-electron chi connectivity index (χ0n) is 10.5. The van der Waals surface area contributed by atoms with Crippen LogP contribution in [0.3, 0.4) is 0 Å². The SMILES string of the molecule is Cl.NCC1(C(=O)NCC(=O)NC2CC2)CCCC1. The van der Waals surface area contributed by atoms with Gasteiger partial charge in [-0.25, -0.2) is 0 Å². The number of carbonyl (C=O) groups is 2. The minimum atomic E-state index is -0.417.